The fourth-order valence-electron chi connectivity index (χ4n) is 1.04. The van der Waals surface area contributed by atoms with Gasteiger partial charge in [-0.3, -0.25) is 4.79 Å². The average Bonchev–Trinajstić information content (AvgIpc) is 2.08. The number of nitrogens with zero attached hydrogens (tertiary/aromatic N) is 1. The van der Waals surface area contributed by atoms with Crippen molar-refractivity contribution in [1.29, 1.82) is 0 Å². The molecule has 0 amide bonds. The highest BCUT2D eigenvalue weighted by atomic mass is 19.1. The summed E-state index contributed by atoms with van der Waals surface area (Å²) in [6, 6.07) is 3.25. The van der Waals surface area contributed by atoms with Gasteiger partial charge in [0.25, 0.3) is 0 Å². The van der Waals surface area contributed by atoms with Gasteiger partial charge in [0, 0.05) is 18.2 Å². The molecule has 0 radical (unpaired) electrons. The van der Waals surface area contributed by atoms with Crippen LogP contribution in [-0.2, 0) is 11.2 Å². The molecule has 70 valence electrons. The summed E-state index contributed by atoms with van der Waals surface area (Å²) in [5.74, 6) is -1.36. The Bertz CT molecular complexity index is 301. The van der Waals surface area contributed by atoms with Crippen molar-refractivity contribution in [3.63, 3.8) is 0 Å². The molecule has 0 aliphatic rings. The van der Waals surface area contributed by atoms with E-state index in [4.69, 9.17) is 5.11 Å². The molecule has 13 heavy (non-hydrogen) atoms. The van der Waals surface area contributed by atoms with E-state index in [2.05, 4.69) is 4.98 Å². The molecule has 0 unspecified atom stereocenters. The van der Waals surface area contributed by atoms with Gasteiger partial charge in [-0.2, -0.15) is 4.39 Å². The fourth-order valence-corrected chi connectivity index (χ4v) is 1.04. The highest BCUT2D eigenvalue weighted by Crippen LogP contribution is 2.07. The molecule has 0 aliphatic heterocycles. The number of aromatic nitrogens is 1. The maximum Gasteiger partial charge on any atom is 0.303 e. The lowest BCUT2D eigenvalue weighted by atomic mass is 10.1. The zero-order valence-corrected chi connectivity index (χ0v) is 7.03. The third-order valence-corrected chi connectivity index (χ3v) is 1.67. The Morgan fingerprint density at radius 1 is 1.62 bits per heavy atom. The minimum Gasteiger partial charge on any atom is -0.481 e. The lowest BCUT2D eigenvalue weighted by molar-refractivity contribution is -0.137. The second-order valence-corrected chi connectivity index (χ2v) is 2.70. The lowest BCUT2D eigenvalue weighted by Crippen LogP contribution is -1.98. The van der Waals surface area contributed by atoms with Crippen LogP contribution in [0.4, 0.5) is 4.39 Å². The van der Waals surface area contributed by atoms with Crippen LogP contribution < -0.4 is 0 Å². The van der Waals surface area contributed by atoms with Crippen molar-refractivity contribution >= 4 is 5.97 Å². The number of carboxylic acid groups (broad SMARTS) is 1. The Balaban J connectivity index is 2.45. The Hall–Kier alpha value is -1.45. The van der Waals surface area contributed by atoms with Crippen LogP contribution in [0.5, 0.6) is 0 Å². The molecule has 0 saturated heterocycles. The minimum atomic E-state index is -0.857. The van der Waals surface area contributed by atoms with Crippen LogP contribution in [-0.4, -0.2) is 16.1 Å². The molecule has 1 N–H and O–H groups in total. The molecule has 0 saturated carbocycles. The van der Waals surface area contributed by atoms with Crippen LogP contribution >= 0.6 is 0 Å². The van der Waals surface area contributed by atoms with Gasteiger partial charge >= 0.3 is 5.97 Å². The Labute approximate surface area is 75.2 Å². The maximum absolute atomic E-state index is 12.9. The SMILES string of the molecule is O=C(O)CCCc1cccnc1F. The molecular formula is C9H10FNO2. The van der Waals surface area contributed by atoms with E-state index in [9.17, 15) is 9.18 Å². The molecule has 3 nitrogen and oxygen atoms in total. The van der Waals surface area contributed by atoms with E-state index in [0.29, 0.717) is 18.4 Å². The number of carboxylic acids is 1. The van der Waals surface area contributed by atoms with Gasteiger partial charge in [0.1, 0.15) is 0 Å². The third-order valence-electron chi connectivity index (χ3n) is 1.67. The summed E-state index contributed by atoms with van der Waals surface area (Å²) in [6.45, 7) is 0. The van der Waals surface area contributed by atoms with Gasteiger partial charge in [0.05, 0.1) is 0 Å². The zero-order chi connectivity index (χ0) is 9.68. The summed E-state index contributed by atoms with van der Waals surface area (Å²) < 4.78 is 12.9. The first kappa shape index (κ1) is 9.64. The van der Waals surface area contributed by atoms with Gasteiger partial charge in [0.2, 0.25) is 5.95 Å². The maximum atomic E-state index is 12.9. The van der Waals surface area contributed by atoms with Crippen LogP contribution in [0.15, 0.2) is 18.3 Å². The number of hydrogen-bond donors (Lipinski definition) is 1. The van der Waals surface area contributed by atoms with Gasteiger partial charge < -0.3 is 5.11 Å². The van der Waals surface area contributed by atoms with E-state index in [0.717, 1.165) is 0 Å². The summed E-state index contributed by atoms with van der Waals surface area (Å²) in [4.78, 5) is 13.6. The quantitative estimate of drug-likeness (QED) is 0.722. The predicted molar refractivity (Wildman–Crippen MR) is 44.8 cm³/mol. The van der Waals surface area contributed by atoms with Crippen LogP contribution in [0.25, 0.3) is 0 Å². The van der Waals surface area contributed by atoms with Crippen molar-refractivity contribution in [2.75, 3.05) is 0 Å². The van der Waals surface area contributed by atoms with Crippen molar-refractivity contribution in [1.82, 2.24) is 4.98 Å². The van der Waals surface area contributed by atoms with E-state index < -0.39 is 11.9 Å². The van der Waals surface area contributed by atoms with Gasteiger partial charge in [-0.25, -0.2) is 4.98 Å². The molecule has 1 rings (SSSR count). The van der Waals surface area contributed by atoms with Crippen molar-refractivity contribution in [2.45, 2.75) is 19.3 Å². The average molecular weight is 183 g/mol. The first-order chi connectivity index (χ1) is 6.20. The van der Waals surface area contributed by atoms with Gasteiger partial charge in [0.15, 0.2) is 0 Å². The second-order valence-electron chi connectivity index (χ2n) is 2.70. The number of aliphatic carboxylic acids is 1. The van der Waals surface area contributed by atoms with Crippen LogP contribution in [0.1, 0.15) is 18.4 Å². The van der Waals surface area contributed by atoms with Crippen LogP contribution in [0, 0.1) is 5.95 Å². The number of aryl methyl sites for hydroxylation is 1. The molecule has 0 aromatic carbocycles. The molecule has 0 fully saturated rings. The summed E-state index contributed by atoms with van der Waals surface area (Å²) in [7, 11) is 0. The van der Waals surface area contributed by atoms with Gasteiger partial charge in [-0.1, -0.05) is 6.07 Å². The summed E-state index contributed by atoms with van der Waals surface area (Å²) in [6.07, 6.45) is 2.30. The van der Waals surface area contributed by atoms with Crippen molar-refractivity contribution in [2.24, 2.45) is 0 Å². The van der Waals surface area contributed by atoms with Crippen molar-refractivity contribution in [3.8, 4) is 0 Å². The third kappa shape index (κ3) is 3.19. The second kappa shape index (κ2) is 4.54. The number of carbonyl (C=O) groups is 1. The van der Waals surface area contributed by atoms with E-state index in [-0.39, 0.29) is 6.42 Å². The summed E-state index contributed by atoms with van der Waals surface area (Å²) in [5.41, 5.74) is 0.476. The molecule has 0 bridgehead atoms. The molecule has 0 atom stereocenters. The smallest absolute Gasteiger partial charge is 0.303 e. The summed E-state index contributed by atoms with van der Waals surface area (Å²) >= 11 is 0. The lowest BCUT2D eigenvalue weighted by Gasteiger charge is -1.99. The minimum absolute atomic E-state index is 0.0638. The topological polar surface area (TPSA) is 50.2 Å². The Kier molecular flexibility index (Phi) is 3.37. The molecule has 4 heteroatoms. The highest BCUT2D eigenvalue weighted by Gasteiger charge is 2.03. The number of rotatable bonds is 4. The molecule has 1 heterocycles. The van der Waals surface area contributed by atoms with Crippen molar-refractivity contribution in [3.05, 3.63) is 29.8 Å². The van der Waals surface area contributed by atoms with E-state index >= 15 is 0 Å². The van der Waals surface area contributed by atoms with Crippen molar-refractivity contribution < 1.29 is 14.3 Å². The molecule has 0 spiro atoms. The number of pyridine rings is 1. The highest BCUT2D eigenvalue weighted by molar-refractivity contribution is 5.66. The standard InChI is InChI=1S/C9H10FNO2/c10-9-7(4-2-6-11-9)3-1-5-8(12)13/h2,4,6H,1,3,5H2,(H,12,13). The fraction of sp³-hybridized carbons (Fsp3) is 0.333. The molecule has 0 aliphatic carbocycles. The summed E-state index contributed by atoms with van der Waals surface area (Å²) in [5, 5.41) is 8.35. The van der Waals surface area contributed by atoms with Crippen LogP contribution in [0.3, 0.4) is 0 Å². The van der Waals surface area contributed by atoms with E-state index in [1.807, 2.05) is 0 Å². The number of halogens is 1. The van der Waals surface area contributed by atoms with Gasteiger partial charge in [-0.05, 0) is 18.9 Å². The van der Waals surface area contributed by atoms with E-state index in [1.54, 1.807) is 12.1 Å². The first-order valence-corrected chi connectivity index (χ1v) is 4.01. The van der Waals surface area contributed by atoms with Gasteiger partial charge in [-0.15, -0.1) is 0 Å². The monoisotopic (exact) mass is 183 g/mol. The largest absolute Gasteiger partial charge is 0.481 e. The van der Waals surface area contributed by atoms with E-state index in [1.165, 1.54) is 6.20 Å². The normalized spacial score (nSPS) is 9.92. The predicted octanol–water partition coefficient (Wildman–Crippen LogP) is 1.63. The Morgan fingerprint density at radius 2 is 2.38 bits per heavy atom. The molecule has 1 aromatic heterocycles. The number of hydrogen-bond acceptors (Lipinski definition) is 2. The zero-order valence-electron chi connectivity index (χ0n) is 7.03. The van der Waals surface area contributed by atoms with Crippen LogP contribution in [0.2, 0.25) is 0 Å². The molecular weight excluding hydrogens is 173 g/mol. The molecule has 1 aromatic rings. The Morgan fingerprint density at radius 3 is 3.00 bits per heavy atom. The first-order valence-electron chi connectivity index (χ1n) is 4.01.